The molecule has 1 atom stereocenters. The van der Waals surface area contributed by atoms with E-state index in [1.807, 2.05) is 44.2 Å². The molecule has 1 amide bonds. The van der Waals surface area contributed by atoms with Gasteiger partial charge >= 0.3 is 0 Å². The molecule has 0 saturated carbocycles. The monoisotopic (exact) mass is 384 g/mol. The second-order valence-corrected chi connectivity index (χ2v) is 7.10. The van der Waals surface area contributed by atoms with Gasteiger partial charge in [-0.05, 0) is 43.2 Å². The van der Waals surface area contributed by atoms with Crippen LogP contribution in [0.4, 0.5) is 5.69 Å². The Hall–Kier alpha value is -3.73. The van der Waals surface area contributed by atoms with E-state index in [1.165, 1.54) is 4.90 Å². The normalized spacial score (nSPS) is 18.3. The molecule has 2 heterocycles. The van der Waals surface area contributed by atoms with Crippen molar-refractivity contribution in [1.82, 2.24) is 4.98 Å². The lowest BCUT2D eigenvalue weighted by Crippen LogP contribution is -2.30. The smallest absolute Gasteiger partial charge is 0.300 e. The van der Waals surface area contributed by atoms with E-state index in [1.54, 1.807) is 42.7 Å². The summed E-state index contributed by atoms with van der Waals surface area (Å²) in [5.74, 6) is -1.54. The number of carbonyl (C=O) groups is 2. The average molecular weight is 384 g/mol. The Kier molecular flexibility index (Phi) is 4.72. The molecular weight excluding hydrogens is 364 g/mol. The van der Waals surface area contributed by atoms with Gasteiger partial charge in [0, 0.05) is 23.6 Å². The number of aryl methyl sites for hydroxylation is 2. The minimum atomic E-state index is -0.736. The number of rotatable bonds is 3. The van der Waals surface area contributed by atoms with Crippen LogP contribution in [-0.2, 0) is 9.59 Å². The van der Waals surface area contributed by atoms with Gasteiger partial charge in [0.05, 0.1) is 11.6 Å². The van der Waals surface area contributed by atoms with Gasteiger partial charge in [0.1, 0.15) is 5.76 Å². The number of ketones is 1. The van der Waals surface area contributed by atoms with Gasteiger partial charge < -0.3 is 5.11 Å². The van der Waals surface area contributed by atoms with E-state index in [2.05, 4.69) is 4.98 Å². The molecule has 1 unspecified atom stereocenters. The van der Waals surface area contributed by atoms with E-state index in [-0.39, 0.29) is 11.3 Å². The van der Waals surface area contributed by atoms with Crippen molar-refractivity contribution in [2.24, 2.45) is 0 Å². The van der Waals surface area contributed by atoms with Crippen LogP contribution < -0.4 is 4.90 Å². The highest BCUT2D eigenvalue weighted by atomic mass is 16.3. The number of para-hydroxylation sites is 1. The lowest BCUT2D eigenvalue weighted by Gasteiger charge is -2.26. The third kappa shape index (κ3) is 3.21. The molecule has 29 heavy (non-hydrogen) atoms. The minimum absolute atomic E-state index is 0.0771. The van der Waals surface area contributed by atoms with Crippen LogP contribution in [-0.4, -0.2) is 21.8 Å². The number of aliphatic hydroxyl groups excluding tert-OH is 1. The van der Waals surface area contributed by atoms with E-state index in [0.29, 0.717) is 16.8 Å². The molecule has 1 saturated heterocycles. The molecule has 0 bridgehead atoms. The fourth-order valence-electron chi connectivity index (χ4n) is 3.64. The van der Waals surface area contributed by atoms with Gasteiger partial charge in [-0.25, -0.2) is 0 Å². The number of Topliss-reactive ketones (excluding diaryl/α,β-unsaturated/α-hetero) is 1. The Balaban J connectivity index is 1.96. The molecular formula is C24H20N2O3. The Morgan fingerprint density at radius 3 is 2.24 bits per heavy atom. The van der Waals surface area contributed by atoms with Crippen LogP contribution in [0.2, 0.25) is 0 Å². The molecule has 1 N–H and O–H groups in total. The first-order valence-corrected chi connectivity index (χ1v) is 9.32. The van der Waals surface area contributed by atoms with E-state index >= 15 is 0 Å². The summed E-state index contributed by atoms with van der Waals surface area (Å²) in [6, 6.07) is 17.4. The molecule has 1 fully saturated rings. The van der Waals surface area contributed by atoms with Gasteiger partial charge in [-0.3, -0.25) is 19.5 Å². The van der Waals surface area contributed by atoms with E-state index in [4.69, 9.17) is 0 Å². The Bertz CT molecular complexity index is 1120. The third-order valence-electron chi connectivity index (χ3n) is 5.17. The third-order valence-corrected chi connectivity index (χ3v) is 5.17. The van der Waals surface area contributed by atoms with Crippen LogP contribution in [0.3, 0.4) is 0 Å². The molecule has 1 aliphatic rings. The summed E-state index contributed by atoms with van der Waals surface area (Å²) >= 11 is 0. The fraction of sp³-hybridized carbons (Fsp3) is 0.125. The van der Waals surface area contributed by atoms with Crippen LogP contribution in [0.1, 0.15) is 28.3 Å². The fourth-order valence-corrected chi connectivity index (χ4v) is 3.64. The molecule has 4 rings (SSSR count). The number of aromatic nitrogens is 1. The number of anilines is 1. The van der Waals surface area contributed by atoms with Crippen molar-refractivity contribution < 1.29 is 14.7 Å². The maximum Gasteiger partial charge on any atom is 0.300 e. The highest BCUT2D eigenvalue weighted by Crippen LogP contribution is 2.42. The summed E-state index contributed by atoms with van der Waals surface area (Å²) in [6.07, 6.45) is 3.22. The van der Waals surface area contributed by atoms with Gasteiger partial charge in [-0.2, -0.15) is 0 Å². The molecule has 0 aliphatic carbocycles. The van der Waals surface area contributed by atoms with Crippen molar-refractivity contribution in [2.75, 3.05) is 4.90 Å². The first kappa shape index (κ1) is 18.6. The summed E-state index contributed by atoms with van der Waals surface area (Å²) in [6.45, 7) is 3.83. The Morgan fingerprint density at radius 2 is 1.59 bits per heavy atom. The number of hydrogen-bond acceptors (Lipinski definition) is 4. The molecule has 3 aromatic rings. The molecule has 5 nitrogen and oxygen atoms in total. The second-order valence-electron chi connectivity index (χ2n) is 7.10. The van der Waals surface area contributed by atoms with Gasteiger partial charge in [0.15, 0.2) is 0 Å². The molecule has 2 aromatic carbocycles. The Morgan fingerprint density at radius 1 is 0.931 bits per heavy atom. The zero-order valence-electron chi connectivity index (χ0n) is 16.2. The zero-order chi connectivity index (χ0) is 20.5. The van der Waals surface area contributed by atoms with Crippen LogP contribution in [0.5, 0.6) is 0 Å². The highest BCUT2D eigenvalue weighted by molar-refractivity contribution is 6.51. The number of benzene rings is 2. The first-order chi connectivity index (χ1) is 14.0. The minimum Gasteiger partial charge on any atom is -0.507 e. The van der Waals surface area contributed by atoms with Gasteiger partial charge in [0.25, 0.3) is 11.7 Å². The molecule has 5 heteroatoms. The van der Waals surface area contributed by atoms with Gasteiger partial charge in [-0.15, -0.1) is 0 Å². The maximum absolute atomic E-state index is 13.1. The van der Waals surface area contributed by atoms with Crippen molar-refractivity contribution in [3.8, 4) is 0 Å². The molecule has 0 radical (unpaired) electrons. The quantitative estimate of drug-likeness (QED) is 0.415. The van der Waals surface area contributed by atoms with Crippen LogP contribution in [0.25, 0.3) is 5.76 Å². The molecule has 144 valence electrons. The number of aliphatic hydroxyl groups is 1. The lowest BCUT2D eigenvalue weighted by atomic mass is 9.95. The van der Waals surface area contributed by atoms with Crippen LogP contribution in [0.15, 0.2) is 78.6 Å². The summed E-state index contributed by atoms with van der Waals surface area (Å²) in [5.41, 5.74) is 3.82. The predicted molar refractivity (Wildman–Crippen MR) is 111 cm³/mol. The highest BCUT2D eigenvalue weighted by Gasteiger charge is 2.47. The summed E-state index contributed by atoms with van der Waals surface area (Å²) in [4.78, 5) is 31.6. The topological polar surface area (TPSA) is 70.5 Å². The van der Waals surface area contributed by atoms with Gasteiger partial charge in [-0.1, -0.05) is 48.0 Å². The van der Waals surface area contributed by atoms with Crippen molar-refractivity contribution in [3.63, 3.8) is 0 Å². The number of amides is 1. The first-order valence-electron chi connectivity index (χ1n) is 9.32. The number of nitrogens with zero attached hydrogens (tertiary/aromatic N) is 2. The molecule has 0 spiro atoms. The predicted octanol–water partition coefficient (Wildman–Crippen LogP) is 4.32. The van der Waals surface area contributed by atoms with E-state index in [0.717, 1.165) is 11.1 Å². The molecule has 1 aliphatic heterocycles. The number of carbonyl (C=O) groups excluding carboxylic acids is 2. The number of pyridine rings is 1. The van der Waals surface area contributed by atoms with Crippen molar-refractivity contribution in [1.29, 1.82) is 0 Å². The van der Waals surface area contributed by atoms with Crippen molar-refractivity contribution >= 4 is 23.1 Å². The van der Waals surface area contributed by atoms with Crippen molar-refractivity contribution in [3.05, 3.63) is 101 Å². The standard InChI is InChI=1S/C24H20N2O3/c1-15-7-9-18(10-8-15)22(27)20-21(17-11-13-25-14-12-17)26(24(29)23(20)28)19-6-4-3-5-16(19)2/h3-14,21,27H,1-2H3/b22-20+. The lowest BCUT2D eigenvalue weighted by molar-refractivity contribution is -0.132. The van der Waals surface area contributed by atoms with Gasteiger partial charge in [0.2, 0.25) is 0 Å². The van der Waals surface area contributed by atoms with E-state index in [9.17, 15) is 14.7 Å². The van der Waals surface area contributed by atoms with Crippen LogP contribution in [0, 0.1) is 13.8 Å². The summed E-state index contributed by atoms with van der Waals surface area (Å²) < 4.78 is 0. The van der Waals surface area contributed by atoms with E-state index < -0.39 is 17.7 Å². The molecule has 1 aromatic heterocycles. The van der Waals surface area contributed by atoms with Crippen LogP contribution >= 0.6 is 0 Å². The van der Waals surface area contributed by atoms with Crippen molar-refractivity contribution in [2.45, 2.75) is 19.9 Å². The SMILES string of the molecule is Cc1ccc(/C(O)=C2\C(=O)C(=O)N(c3ccccc3C)C2c2ccncc2)cc1. The summed E-state index contributed by atoms with van der Waals surface area (Å²) in [7, 11) is 0. The summed E-state index contributed by atoms with van der Waals surface area (Å²) in [5, 5.41) is 11.0. The average Bonchev–Trinajstić information content (AvgIpc) is 3.00. The second kappa shape index (κ2) is 7.36. The number of hydrogen-bond donors (Lipinski definition) is 1. The zero-order valence-corrected chi connectivity index (χ0v) is 16.2. The maximum atomic E-state index is 13.1. The largest absolute Gasteiger partial charge is 0.507 e. The Labute approximate surface area is 169 Å².